The minimum atomic E-state index is -0.129. The van der Waals surface area contributed by atoms with Crippen LogP contribution in [0.25, 0.3) is 0 Å². The second-order valence-corrected chi connectivity index (χ2v) is 5.39. The van der Waals surface area contributed by atoms with Crippen molar-refractivity contribution in [1.82, 2.24) is 0 Å². The van der Waals surface area contributed by atoms with Gasteiger partial charge in [-0.2, -0.15) is 0 Å². The highest BCUT2D eigenvalue weighted by Gasteiger charge is 2.20. The number of anilines is 2. The molecule has 0 saturated carbocycles. The summed E-state index contributed by atoms with van der Waals surface area (Å²) >= 11 is 0. The van der Waals surface area contributed by atoms with Crippen molar-refractivity contribution in [2.75, 3.05) is 23.8 Å². The fourth-order valence-electron chi connectivity index (χ4n) is 1.69. The molecule has 1 aromatic carbocycles. The van der Waals surface area contributed by atoms with Crippen LogP contribution in [-0.4, -0.2) is 24.2 Å². The van der Waals surface area contributed by atoms with Crippen molar-refractivity contribution in [2.45, 2.75) is 34.1 Å². The minimum absolute atomic E-state index is 0.0800. The summed E-state index contributed by atoms with van der Waals surface area (Å²) in [4.78, 5) is 11.1. The number of aryl methyl sites for hydroxylation is 1. The zero-order chi connectivity index (χ0) is 14.5. The van der Waals surface area contributed by atoms with Gasteiger partial charge in [0.25, 0.3) is 0 Å². The number of carbonyl (C=O) groups is 1. The van der Waals surface area contributed by atoms with E-state index in [0.717, 1.165) is 23.4 Å². The molecule has 0 aliphatic rings. The van der Waals surface area contributed by atoms with Crippen molar-refractivity contribution in [3.8, 4) is 0 Å². The van der Waals surface area contributed by atoms with E-state index < -0.39 is 0 Å². The Kier molecular flexibility index (Phi) is 5.36. The van der Waals surface area contributed by atoms with E-state index in [1.54, 1.807) is 0 Å². The molecule has 4 nitrogen and oxygen atoms in total. The highest BCUT2D eigenvalue weighted by atomic mass is 16.3. The van der Waals surface area contributed by atoms with Gasteiger partial charge < -0.3 is 15.7 Å². The van der Waals surface area contributed by atoms with E-state index in [4.69, 9.17) is 0 Å². The van der Waals surface area contributed by atoms with Crippen LogP contribution >= 0.6 is 0 Å². The summed E-state index contributed by atoms with van der Waals surface area (Å²) in [6.07, 6.45) is 0.904. The molecule has 0 heterocycles. The summed E-state index contributed by atoms with van der Waals surface area (Å²) in [6, 6.07) is 5.77. The highest BCUT2D eigenvalue weighted by molar-refractivity contribution is 5.89. The SMILES string of the molecule is CCC(C)(CO)CNc1cc(NC(C)=O)ccc1C. The van der Waals surface area contributed by atoms with Crippen LogP contribution in [0.3, 0.4) is 0 Å². The molecular formula is C15H24N2O2. The van der Waals surface area contributed by atoms with E-state index in [1.165, 1.54) is 6.92 Å². The first-order valence-corrected chi connectivity index (χ1v) is 6.63. The van der Waals surface area contributed by atoms with Crippen molar-refractivity contribution >= 4 is 17.3 Å². The molecule has 4 heteroatoms. The van der Waals surface area contributed by atoms with Crippen molar-refractivity contribution in [1.29, 1.82) is 0 Å². The van der Waals surface area contributed by atoms with Gasteiger partial charge in [0.1, 0.15) is 0 Å². The van der Waals surface area contributed by atoms with Gasteiger partial charge in [-0.15, -0.1) is 0 Å². The lowest BCUT2D eigenvalue weighted by Gasteiger charge is -2.27. The smallest absolute Gasteiger partial charge is 0.221 e. The van der Waals surface area contributed by atoms with Gasteiger partial charge in [0, 0.05) is 30.3 Å². The molecule has 1 aromatic rings. The Hall–Kier alpha value is -1.55. The number of amides is 1. The third kappa shape index (κ3) is 4.56. The van der Waals surface area contributed by atoms with E-state index in [-0.39, 0.29) is 17.9 Å². The number of rotatable bonds is 6. The monoisotopic (exact) mass is 264 g/mol. The van der Waals surface area contributed by atoms with Crippen molar-refractivity contribution < 1.29 is 9.90 Å². The normalized spacial score (nSPS) is 13.7. The van der Waals surface area contributed by atoms with Gasteiger partial charge in [-0.05, 0) is 31.0 Å². The van der Waals surface area contributed by atoms with Crippen LogP contribution < -0.4 is 10.6 Å². The standard InChI is InChI=1S/C15H24N2O2/c1-5-15(4,10-18)9-16-14-8-13(17-12(3)19)7-6-11(14)2/h6-8,16,18H,5,9-10H2,1-4H3,(H,17,19). The van der Waals surface area contributed by atoms with Crippen LogP contribution in [0.5, 0.6) is 0 Å². The van der Waals surface area contributed by atoms with Crippen LogP contribution in [0.4, 0.5) is 11.4 Å². The molecule has 1 atom stereocenters. The lowest BCUT2D eigenvalue weighted by atomic mass is 9.88. The number of carbonyl (C=O) groups excluding carboxylic acids is 1. The Labute approximate surface area is 115 Å². The molecule has 0 aliphatic heterocycles. The van der Waals surface area contributed by atoms with Gasteiger partial charge in [0.05, 0.1) is 6.61 Å². The molecule has 1 unspecified atom stereocenters. The van der Waals surface area contributed by atoms with Gasteiger partial charge in [-0.25, -0.2) is 0 Å². The van der Waals surface area contributed by atoms with Crippen LogP contribution in [0.1, 0.15) is 32.8 Å². The Balaban J connectivity index is 2.79. The first-order valence-electron chi connectivity index (χ1n) is 6.63. The molecule has 0 aromatic heterocycles. The maximum Gasteiger partial charge on any atom is 0.221 e. The average Bonchev–Trinajstić information content (AvgIpc) is 2.38. The molecule has 19 heavy (non-hydrogen) atoms. The molecule has 0 fully saturated rings. The topological polar surface area (TPSA) is 61.4 Å². The predicted molar refractivity (Wildman–Crippen MR) is 79.5 cm³/mol. The molecule has 0 radical (unpaired) electrons. The average molecular weight is 264 g/mol. The Morgan fingerprint density at radius 3 is 2.63 bits per heavy atom. The number of aliphatic hydroxyl groups excluding tert-OH is 1. The molecule has 0 saturated heterocycles. The Morgan fingerprint density at radius 2 is 2.11 bits per heavy atom. The maximum absolute atomic E-state index is 11.1. The summed E-state index contributed by atoms with van der Waals surface area (Å²) in [5, 5.41) is 15.5. The summed E-state index contributed by atoms with van der Waals surface area (Å²) in [5.74, 6) is -0.0800. The lowest BCUT2D eigenvalue weighted by Crippen LogP contribution is -2.29. The summed E-state index contributed by atoms with van der Waals surface area (Å²) in [7, 11) is 0. The number of hydrogen-bond donors (Lipinski definition) is 3. The molecule has 0 spiro atoms. The number of hydrogen-bond acceptors (Lipinski definition) is 3. The second kappa shape index (κ2) is 6.57. The molecule has 106 valence electrons. The van der Waals surface area contributed by atoms with Gasteiger partial charge in [-0.1, -0.05) is 19.9 Å². The quantitative estimate of drug-likeness (QED) is 0.740. The van der Waals surface area contributed by atoms with E-state index in [0.29, 0.717) is 6.54 Å². The number of nitrogens with one attached hydrogen (secondary N) is 2. The minimum Gasteiger partial charge on any atom is -0.396 e. The van der Waals surface area contributed by atoms with Gasteiger partial charge >= 0.3 is 0 Å². The van der Waals surface area contributed by atoms with E-state index in [2.05, 4.69) is 17.6 Å². The van der Waals surface area contributed by atoms with Crippen molar-refractivity contribution in [3.05, 3.63) is 23.8 Å². The first kappa shape index (κ1) is 15.5. The van der Waals surface area contributed by atoms with Crippen LogP contribution in [0, 0.1) is 12.3 Å². The summed E-state index contributed by atoms with van der Waals surface area (Å²) < 4.78 is 0. The van der Waals surface area contributed by atoms with Gasteiger partial charge in [0.15, 0.2) is 0 Å². The van der Waals surface area contributed by atoms with Gasteiger partial charge in [-0.3, -0.25) is 4.79 Å². The lowest BCUT2D eigenvalue weighted by molar-refractivity contribution is -0.114. The first-order chi connectivity index (χ1) is 8.90. The second-order valence-electron chi connectivity index (χ2n) is 5.39. The van der Waals surface area contributed by atoms with E-state index >= 15 is 0 Å². The maximum atomic E-state index is 11.1. The highest BCUT2D eigenvalue weighted by Crippen LogP contribution is 2.24. The van der Waals surface area contributed by atoms with Crippen molar-refractivity contribution in [3.63, 3.8) is 0 Å². The largest absolute Gasteiger partial charge is 0.396 e. The Bertz CT molecular complexity index is 440. The fraction of sp³-hybridized carbons (Fsp3) is 0.533. The van der Waals surface area contributed by atoms with E-state index in [1.807, 2.05) is 32.0 Å². The number of aliphatic hydroxyl groups is 1. The molecule has 0 bridgehead atoms. The van der Waals surface area contributed by atoms with Crippen LogP contribution in [0.2, 0.25) is 0 Å². The fourth-order valence-corrected chi connectivity index (χ4v) is 1.69. The van der Waals surface area contributed by atoms with Crippen LogP contribution in [0.15, 0.2) is 18.2 Å². The van der Waals surface area contributed by atoms with Gasteiger partial charge in [0.2, 0.25) is 5.91 Å². The zero-order valence-electron chi connectivity index (χ0n) is 12.2. The van der Waals surface area contributed by atoms with Crippen LogP contribution in [-0.2, 0) is 4.79 Å². The molecule has 0 aliphatic carbocycles. The predicted octanol–water partition coefficient (Wildman–Crippen LogP) is 2.77. The molecular weight excluding hydrogens is 240 g/mol. The molecule has 1 rings (SSSR count). The zero-order valence-corrected chi connectivity index (χ0v) is 12.2. The third-order valence-corrected chi connectivity index (χ3v) is 3.50. The number of benzene rings is 1. The third-order valence-electron chi connectivity index (χ3n) is 3.50. The summed E-state index contributed by atoms with van der Waals surface area (Å²) in [6.45, 7) is 8.48. The molecule has 3 N–H and O–H groups in total. The summed E-state index contributed by atoms with van der Waals surface area (Å²) in [5.41, 5.74) is 2.75. The Morgan fingerprint density at radius 1 is 1.42 bits per heavy atom. The molecule has 1 amide bonds. The van der Waals surface area contributed by atoms with Crippen molar-refractivity contribution in [2.24, 2.45) is 5.41 Å². The van der Waals surface area contributed by atoms with E-state index in [9.17, 15) is 9.90 Å².